The van der Waals surface area contributed by atoms with Crippen molar-refractivity contribution < 1.29 is 4.79 Å². The summed E-state index contributed by atoms with van der Waals surface area (Å²) in [7, 11) is 2.12. The van der Waals surface area contributed by atoms with Crippen LogP contribution < -0.4 is 0 Å². The average molecular weight is 361 g/mol. The van der Waals surface area contributed by atoms with E-state index in [9.17, 15) is 4.79 Å². The maximum absolute atomic E-state index is 12.9. The molecule has 0 aliphatic carbocycles. The van der Waals surface area contributed by atoms with Crippen LogP contribution in [0.5, 0.6) is 0 Å². The molecule has 1 fully saturated rings. The molecule has 3 heterocycles. The van der Waals surface area contributed by atoms with Crippen molar-refractivity contribution in [1.82, 2.24) is 25.0 Å². The van der Waals surface area contributed by atoms with Gasteiger partial charge in [0.2, 0.25) is 0 Å². The van der Waals surface area contributed by atoms with Crippen molar-refractivity contribution in [2.24, 2.45) is 5.92 Å². The monoisotopic (exact) mass is 361 g/mol. The van der Waals surface area contributed by atoms with E-state index in [1.54, 1.807) is 18.5 Å². The fourth-order valence-electron chi connectivity index (χ4n) is 3.85. The summed E-state index contributed by atoms with van der Waals surface area (Å²) in [4.78, 5) is 21.6. The Morgan fingerprint density at radius 3 is 2.81 bits per heavy atom. The van der Waals surface area contributed by atoms with Crippen LogP contribution in [0, 0.1) is 5.92 Å². The van der Waals surface area contributed by atoms with Crippen molar-refractivity contribution in [3.05, 3.63) is 66.2 Å². The van der Waals surface area contributed by atoms with Gasteiger partial charge >= 0.3 is 0 Å². The summed E-state index contributed by atoms with van der Waals surface area (Å²) in [6, 6.07) is 10.1. The predicted molar refractivity (Wildman–Crippen MR) is 104 cm³/mol. The second-order valence-corrected chi connectivity index (χ2v) is 7.23. The minimum absolute atomic E-state index is 0.0289. The van der Waals surface area contributed by atoms with Crippen molar-refractivity contribution in [3.8, 4) is 0 Å². The number of carbonyl (C=O) groups excluding carboxylic acids is 1. The van der Waals surface area contributed by atoms with E-state index in [1.165, 1.54) is 10.9 Å². The Morgan fingerprint density at radius 1 is 1.07 bits per heavy atom. The maximum atomic E-state index is 12.9. The predicted octanol–water partition coefficient (Wildman–Crippen LogP) is 2.27. The van der Waals surface area contributed by atoms with Crippen molar-refractivity contribution >= 4 is 16.7 Å². The van der Waals surface area contributed by atoms with Gasteiger partial charge in [0.05, 0.1) is 18.0 Å². The summed E-state index contributed by atoms with van der Waals surface area (Å²) in [5.74, 6) is 0.380. The third-order valence-electron chi connectivity index (χ3n) is 5.18. The van der Waals surface area contributed by atoms with Crippen LogP contribution in [-0.2, 0) is 6.42 Å². The highest BCUT2D eigenvalue weighted by Crippen LogP contribution is 2.22. The van der Waals surface area contributed by atoms with Crippen LogP contribution in [0.4, 0.5) is 0 Å². The number of pyridine rings is 1. The first kappa shape index (κ1) is 17.5. The summed E-state index contributed by atoms with van der Waals surface area (Å²) >= 11 is 0. The molecule has 6 nitrogen and oxygen atoms in total. The molecule has 0 spiro atoms. The van der Waals surface area contributed by atoms with E-state index in [1.807, 2.05) is 23.4 Å². The van der Waals surface area contributed by atoms with Gasteiger partial charge in [-0.1, -0.05) is 24.3 Å². The fraction of sp³-hybridized carbons (Fsp3) is 0.333. The molecular formula is C21H23N5O. The lowest BCUT2D eigenvalue weighted by Crippen LogP contribution is -2.36. The minimum Gasteiger partial charge on any atom is -0.337 e. The molecule has 6 heteroatoms. The number of amides is 1. The highest BCUT2D eigenvalue weighted by atomic mass is 16.2. The molecule has 0 saturated carbocycles. The lowest BCUT2D eigenvalue weighted by atomic mass is 9.96. The highest BCUT2D eigenvalue weighted by Gasteiger charge is 2.25. The number of nitrogens with zero attached hydrogens (tertiary/aromatic N) is 5. The Morgan fingerprint density at radius 2 is 1.96 bits per heavy atom. The zero-order valence-electron chi connectivity index (χ0n) is 15.5. The molecule has 4 rings (SSSR count). The van der Waals surface area contributed by atoms with E-state index in [-0.39, 0.29) is 5.91 Å². The molecule has 2 aromatic heterocycles. The SMILES string of the molecule is CN1CCN(C(=O)c2ccnnc2)C[C@@H](Cc2cncc3ccccc23)C1. The van der Waals surface area contributed by atoms with E-state index < -0.39 is 0 Å². The number of likely N-dealkylation sites (N-methyl/N-ethyl adjacent to an activating group) is 1. The number of hydrogen-bond acceptors (Lipinski definition) is 5. The third kappa shape index (κ3) is 3.95. The van der Waals surface area contributed by atoms with Crippen molar-refractivity contribution in [3.63, 3.8) is 0 Å². The number of hydrogen-bond donors (Lipinski definition) is 0. The number of fused-ring (bicyclic) bond motifs is 1. The average Bonchev–Trinajstić information content (AvgIpc) is 2.89. The smallest absolute Gasteiger partial charge is 0.255 e. The zero-order valence-corrected chi connectivity index (χ0v) is 15.5. The molecule has 1 saturated heterocycles. The molecule has 27 heavy (non-hydrogen) atoms. The maximum Gasteiger partial charge on any atom is 0.255 e. The topological polar surface area (TPSA) is 62.2 Å². The first-order chi connectivity index (χ1) is 13.2. The number of carbonyl (C=O) groups is 1. The van der Waals surface area contributed by atoms with Crippen LogP contribution in [0.25, 0.3) is 10.8 Å². The Kier molecular flexibility index (Phi) is 5.07. The lowest BCUT2D eigenvalue weighted by Gasteiger charge is -2.24. The van der Waals surface area contributed by atoms with Crippen molar-refractivity contribution in [2.75, 3.05) is 33.2 Å². The second-order valence-electron chi connectivity index (χ2n) is 7.23. The van der Waals surface area contributed by atoms with E-state index in [0.29, 0.717) is 11.5 Å². The van der Waals surface area contributed by atoms with Gasteiger partial charge in [-0.15, -0.1) is 0 Å². The van der Waals surface area contributed by atoms with Crippen molar-refractivity contribution in [1.29, 1.82) is 0 Å². The van der Waals surface area contributed by atoms with Gasteiger partial charge in [-0.2, -0.15) is 10.2 Å². The molecule has 1 aliphatic heterocycles. The Balaban J connectivity index is 1.57. The van der Waals surface area contributed by atoms with Crippen LogP contribution in [0.1, 0.15) is 15.9 Å². The molecule has 0 N–H and O–H groups in total. The Labute approximate surface area is 158 Å². The van der Waals surface area contributed by atoms with Gasteiger partial charge in [-0.05, 0) is 36.4 Å². The van der Waals surface area contributed by atoms with Crippen LogP contribution in [0.3, 0.4) is 0 Å². The molecule has 1 amide bonds. The molecule has 1 aromatic carbocycles. The summed E-state index contributed by atoms with van der Waals surface area (Å²) in [6.45, 7) is 3.28. The normalized spacial score (nSPS) is 18.4. The number of aromatic nitrogens is 3. The molecule has 3 aromatic rings. The molecule has 0 bridgehead atoms. The summed E-state index contributed by atoms with van der Waals surface area (Å²) in [5.41, 5.74) is 1.84. The second kappa shape index (κ2) is 7.80. The van der Waals surface area contributed by atoms with Gasteiger partial charge in [0, 0.05) is 44.0 Å². The van der Waals surface area contributed by atoms with Crippen LogP contribution in [0.15, 0.2) is 55.1 Å². The van der Waals surface area contributed by atoms with Gasteiger partial charge in [0.25, 0.3) is 5.91 Å². The number of benzene rings is 1. The quantitative estimate of drug-likeness (QED) is 0.716. The molecule has 0 radical (unpaired) electrons. The first-order valence-corrected chi connectivity index (χ1v) is 9.27. The van der Waals surface area contributed by atoms with Crippen molar-refractivity contribution in [2.45, 2.75) is 6.42 Å². The van der Waals surface area contributed by atoms with E-state index in [2.05, 4.69) is 45.3 Å². The first-order valence-electron chi connectivity index (χ1n) is 9.27. The Bertz CT molecular complexity index is 925. The van der Waals surface area contributed by atoms with Crippen LogP contribution in [-0.4, -0.2) is 64.1 Å². The highest BCUT2D eigenvalue weighted by molar-refractivity contribution is 5.93. The summed E-state index contributed by atoms with van der Waals surface area (Å²) in [5, 5.41) is 10.0. The lowest BCUT2D eigenvalue weighted by molar-refractivity contribution is 0.0745. The molecule has 1 aliphatic rings. The fourth-order valence-corrected chi connectivity index (χ4v) is 3.85. The standard InChI is InChI=1S/C21H23N5O/c1-25-8-9-26(21(27)18-6-7-23-24-13-18)15-16(14-25)10-19-12-22-11-17-4-2-3-5-20(17)19/h2-7,11-13,16H,8-10,14-15H2,1H3/t16-/m0/s1. The number of rotatable bonds is 3. The van der Waals surface area contributed by atoms with Gasteiger partial charge in [0.1, 0.15) is 0 Å². The van der Waals surface area contributed by atoms with Gasteiger partial charge in [-0.25, -0.2) is 0 Å². The van der Waals surface area contributed by atoms with Gasteiger partial charge in [0.15, 0.2) is 0 Å². The molecular weight excluding hydrogens is 338 g/mol. The Hall–Kier alpha value is -2.86. The van der Waals surface area contributed by atoms with E-state index >= 15 is 0 Å². The van der Waals surface area contributed by atoms with Gasteiger partial charge < -0.3 is 9.80 Å². The van der Waals surface area contributed by atoms with E-state index in [4.69, 9.17) is 0 Å². The largest absolute Gasteiger partial charge is 0.337 e. The summed E-state index contributed by atoms with van der Waals surface area (Å²) < 4.78 is 0. The van der Waals surface area contributed by atoms with E-state index in [0.717, 1.165) is 38.0 Å². The van der Waals surface area contributed by atoms with Crippen LogP contribution in [0.2, 0.25) is 0 Å². The minimum atomic E-state index is 0.0289. The van der Waals surface area contributed by atoms with Crippen LogP contribution >= 0.6 is 0 Å². The van der Waals surface area contributed by atoms with Gasteiger partial charge in [-0.3, -0.25) is 9.78 Å². The third-order valence-corrected chi connectivity index (χ3v) is 5.18. The molecule has 138 valence electrons. The summed E-state index contributed by atoms with van der Waals surface area (Å²) in [6.07, 6.45) is 7.88. The zero-order chi connectivity index (χ0) is 18.6. The molecule has 1 atom stereocenters. The molecule has 0 unspecified atom stereocenters.